The summed E-state index contributed by atoms with van der Waals surface area (Å²) in [6.45, 7) is 3.70. The van der Waals surface area contributed by atoms with Crippen LogP contribution in [0.1, 0.15) is 52.4 Å². The van der Waals surface area contributed by atoms with Crippen LogP contribution in [0.2, 0.25) is 0 Å². The number of carbonyl (C=O) groups is 1. The Morgan fingerprint density at radius 1 is 1.17 bits per heavy atom. The van der Waals surface area contributed by atoms with Crippen molar-refractivity contribution in [3.63, 3.8) is 0 Å². The lowest BCUT2D eigenvalue weighted by Crippen LogP contribution is -2.48. The molecule has 1 N–H and O–H groups in total. The predicted molar refractivity (Wildman–Crippen MR) is 74.8 cm³/mol. The molecule has 0 aromatic rings. The van der Waals surface area contributed by atoms with Crippen molar-refractivity contribution in [2.45, 2.75) is 57.1 Å². The van der Waals surface area contributed by atoms with Crippen LogP contribution in [-0.2, 0) is 4.79 Å². The van der Waals surface area contributed by atoms with Crippen molar-refractivity contribution < 1.29 is 9.90 Å². The molecule has 102 valence electrons. The van der Waals surface area contributed by atoms with Crippen molar-refractivity contribution in [3.8, 4) is 0 Å². The molecule has 0 aromatic heterocycles. The number of thioether (sulfide) groups is 1. The Hall–Kier alpha value is -0.180. The number of hydrogen-bond donors (Lipinski definition) is 1. The van der Waals surface area contributed by atoms with Gasteiger partial charge in [0.1, 0.15) is 4.75 Å². The minimum Gasteiger partial charge on any atom is -0.480 e. The van der Waals surface area contributed by atoms with Gasteiger partial charge in [-0.3, -0.25) is 4.79 Å². The molecule has 4 fully saturated rings. The topological polar surface area (TPSA) is 37.3 Å². The highest BCUT2D eigenvalue weighted by Crippen LogP contribution is 2.61. The molecule has 4 aliphatic carbocycles. The molecule has 0 radical (unpaired) electrons. The maximum Gasteiger partial charge on any atom is 0.319 e. The van der Waals surface area contributed by atoms with Crippen molar-refractivity contribution in [2.75, 3.05) is 5.75 Å². The van der Waals surface area contributed by atoms with Crippen LogP contribution in [0.3, 0.4) is 0 Å². The Morgan fingerprint density at radius 3 is 2.00 bits per heavy atom. The standard InChI is InChI=1S/C15H24O2S/c1-14(2,13(16)17)18-9-15-6-10-3-11(7-15)5-12(4-10)8-15/h10-12H,3-9H2,1-2H3,(H,16,17). The average molecular weight is 268 g/mol. The molecule has 0 atom stereocenters. The van der Waals surface area contributed by atoms with Crippen molar-refractivity contribution in [1.29, 1.82) is 0 Å². The molecule has 4 bridgehead atoms. The smallest absolute Gasteiger partial charge is 0.319 e. The lowest BCUT2D eigenvalue weighted by molar-refractivity contribution is -0.138. The van der Waals surface area contributed by atoms with Gasteiger partial charge in [0.2, 0.25) is 0 Å². The Labute approximate surface area is 114 Å². The fraction of sp³-hybridized carbons (Fsp3) is 0.933. The highest BCUT2D eigenvalue weighted by molar-refractivity contribution is 8.01. The first kappa shape index (κ1) is 12.8. The zero-order chi connectivity index (χ0) is 13.0. The molecule has 18 heavy (non-hydrogen) atoms. The van der Waals surface area contributed by atoms with E-state index in [0.29, 0.717) is 5.41 Å². The summed E-state index contributed by atoms with van der Waals surface area (Å²) >= 11 is 1.68. The maximum absolute atomic E-state index is 11.2. The molecule has 0 spiro atoms. The van der Waals surface area contributed by atoms with E-state index in [-0.39, 0.29) is 0 Å². The van der Waals surface area contributed by atoms with Crippen LogP contribution in [-0.4, -0.2) is 21.6 Å². The second-order valence-corrected chi connectivity index (χ2v) is 9.12. The summed E-state index contributed by atoms with van der Waals surface area (Å²) in [5.41, 5.74) is 0.492. The van der Waals surface area contributed by atoms with Gasteiger partial charge in [0, 0.05) is 5.75 Å². The second kappa shape index (κ2) is 4.16. The molecule has 4 aliphatic rings. The van der Waals surface area contributed by atoms with Gasteiger partial charge in [-0.2, -0.15) is 0 Å². The molecule has 0 aromatic carbocycles. The van der Waals surface area contributed by atoms with E-state index in [1.54, 1.807) is 11.8 Å². The van der Waals surface area contributed by atoms with Crippen LogP contribution >= 0.6 is 11.8 Å². The van der Waals surface area contributed by atoms with Gasteiger partial charge in [-0.25, -0.2) is 0 Å². The Balaban J connectivity index is 1.67. The van der Waals surface area contributed by atoms with E-state index in [2.05, 4.69) is 0 Å². The normalized spacial score (nSPS) is 42.2. The van der Waals surface area contributed by atoms with Gasteiger partial charge < -0.3 is 5.11 Å². The summed E-state index contributed by atoms with van der Waals surface area (Å²) < 4.78 is -0.622. The summed E-state index contributed by atoms with van der Waals surface area (Å²) in [6.07, 6.45) is 8.52. The molecule has 0 unspecified atom stereocenters. The van der Waals surface area contributed by atoms with Gasteiger partial charge in [-0.15, -0.1) is 11.8 Å². The highest BCUT2D eigenvalue weighted by atomic mass is 32.2. The molecule has 0 saturated heterocycles. The maximum atomic E-state index is 11.2. The summed E-state index contributed by atoms with van der Waals surface area (Å²) in [4.78, 5) is 11.2. The Bertz CT molecular complexity index is 326. The van der Waals surface area contributed by atoms with E-state index in [0.717, 1.165) is 23.5 Å². The fourth-order valence-electron chi connectivity index (χ4n) is 4.86. The lowest BCUT2D eigenvalue weighted by Gasteiger charge is -2.57. The number of carboxylic acids is 1. The highest BCUT2D eigenvalue weighted by Gasteiger charge is 2.51. The SMILES string of the molecule is CC(C)(SCC12CC3CC(CC(C3)C1)C2)C(=O)O. The van der Waals surface area contributed by atoms with Crippen LogP contribution in [0, 0.1) is 23.2 Å². The molecular weight excluding hydrogens is 244 g/mol. The molecule has 0 heterocycles. The summed E-state index contributed by atoms with van der Waals surface area (Å²) in [6, 6.07) is 0. The first-order valence-electron chi connectivity index (χ1n) is 7.26. The molecule has 2 nitrogen and oxygen atoms in total. The lowest BCUT2D eigenvalue weighted by atomic mass is 9.50. The van der Waals surface area contributed by atoms with Crippen molar-refractivity contribution in [1.82, 2.24) is 0 Å². The van der Waals surface area contributed by atoms with Crippen molar-refractivity contribution in [3.05, 3.63) is 0 Å². The Morgan fingerprint density at radius 2 is 1.61 bits per heavy atom. The average Bonchev–Trinajstić information content (AvgIpc) is 2.24. The molecule has 4 rings (SSSR count). The molecule has 4 saturated carbocycles. The first-order valence-corrected chi connectivity index (χ1v) is 8.24. The van der Waals surface area contributed by atoms with Gasteiger partial charge in [0.25, 0.3) is 0 Å². The quantitative estimate of drug-likeness (QED) is 0.842. The predicted octanol–water partition coefficient (Wildman–Crippen LogP) is 3.80. The summed E-state index contributed by atoms with van der Waals surface area (Å²) in [5.74, 6) is 3.28. The summed E-state index contributed by atoms with van der Waals surface area (Å²) in [5, 5.41) is 9.23. The van der Waals surface area contributed by atoms with Crippen LogP contribution in [0.4, 0.5) is 0 Å². The van der Waals surface area contributed by atoms with E-state index in [4.69, 9.17) is 0 Å². The Kier molecular flexibility index (Phi) is 2.96. The van der Waals surface area contributed by atoms with E-state index >= 15 is 0 Å². The number of hydrogen-bond acceptors (Lipinski definition) is 2. The monoisotopic (exact) mass is 268 g/mol. The minimum absolute atomic E-state index is 0.492. The number of rotatable bonds is 4. The zero-order valence-corrected chi connectivity index (χ0v) is 12.3. The fourth-order valence-corrected chi connectivity index (χ4v) is 6.01. The van der Waals surface area contributed by atoms with Crippen molar-refractivity contribution >= 4 is 17.7 Å². The van der Waals surface area contributed by atoms with Crippen LogP contribution in [0.25, 0.3) is 0 Å². The number of aliphatic carboxylic acids is 1. The van der Waals surface area contributed by atoms with E-state index in [1.165, 1.54) is 38.5 Å². The molecular formula is C15H24O2S. The van der Waals surface area contributed by atoms with Crippen molar-refractivity contribution in [2.24, 2.45) is 23.2 Å². The third-order valence-electron chi connectivity index (χ3n) is 5.42. The molecule has 3 heteroatoms. The third kappa shape index (κ3) is 2.19. The van der Waals surface area contributed by atoms with Gasteiger partial charge in [-0.1, -0.05) is 0 Å². The van der Waals surface area contributed by atoms with Crippen LogP contribution in [0.15, 0.2) is 0 Å². The minimum atomic E-state index is -0.669. The largest absolute Gasteiger partial charge is 0.480 e. The first-order chi connectivity index (χ1) is 8.39. The molecule has 0 aliphatic heterocycles. The summed E-state index contributed by atoms with van der Waals surface area (Å²) in [7, 11) is 0. The molecule has 0 amide bonds. The van der Waals surface area contributed by atoms with E-state index in [9.17, 15) is 9.90 Å². The number of carboxylic acid groups (broad SMARTS) is 1. The van der Waals surface area contributed by atoms with Gasteiger partial charge in [-0.05, 0) is 75.5 Å². The van der Waals surface area contributed by atoms with Gasteiger partial charge in [0.05, 0.1) is 0 Å². The second-order valence-electron chi connectivity index (χ2n) is 7.52. The van der Waals surface area contributed by atoms with Gasteiger partial charge in [0.15, 0.2) is 0 Å². The van der Waals surface area contributed by atoms with Gasteiger partial charge >= 0.3 is 5.97 Å². The van der Waals surface area contributed by atoms with Crippen LogP contribution < -0.4 is 0 Å². The zero-order valence-electron chi connectivity index (χ0n) is 11.4. The van der Waals surface area contributed by atoms with Crippen LogP contribution in [0.5, 0.6) is 0 Å². The van der Waals surface area contributed by atoms with E-state index in [1.807, 2.05) is 13.8 Å². The third-order valence-corrected chi connectivity index (χ3v) is 7.07. The van der Waals surface area contributed by atoms with E-state index < -0.39 is 10.7 Å².